The number of carbonyl (C=O) groups is 1. The monoisotopic (exact) mass is 418 g/mol. The molecule has 0 atom stereocenters. The third kappa shape index (κ3) is 3.83. The van der Waals surface area contributed by atoms with Crippen molar-refractivity contribution >= 4 is 17.4 Å². The zero-order chi connectivity index (χ0) is 22.2. The molecule has 3 rings (SSSR count). The minimum atomic E-state index is -1.95. The van der Waals surface area contributed by atoms with Crippen LogP contribution in [0.3, 0.4) is 0 Å². The second kappa shape index (κ2) is 8.10. The van der Waals surface area contributed by atoms with Crippen LogP contribution in [0.5, 0.6) is 0 Å². The second-order valence-electron chi connectivity index (χ2n) is 6.78. The second-order valence-corrected chi connectivity index (χ2v) is 6.78. The molecule has 0 fully saturated rings. The number of likely N-dealkylation sites (N-methyl/N-ethyl adjacent to an activating group) is 1. The molecule has 1 heterocycles. The zero-order valence-corrected chi connectivity index (χ0v) is 16.4. The molecule has 30 heavy (non-hydrogen) atoms. The van der Waals surface area contributed by atoms with Crippen LogP contribution in [0.2, 0.25) is 0 Å². The molecule has 2 N–H and O–H groups in total. The third-order valence-electron chi connectivity index (χ3n) is 4.77. The summed E-state index contributed by atoms with van der Waals surface area (Å²) in [5, 5.41) is 0. The molecule has 0 radical (unpaired) electrons. The Labute approximate surface area is 170 Å². The number of anilines is 2. The van der Waals surface area contributed by atoms with Gasteiger partial charge < -0.3 is 5.73 Å². The lowest BCUT2D eigenvalue weighted by atomic mass is 10.0. The molecule has 9 heteroatoms. The van der Waals surface area contributed by atoms with E-state index >= 15 is 0 Å². The molecule has 1 amide bonds. The number of carbonyl (C=O) groups excluding carboxylic acids is 1. The van der Waals surface area contributed by atoms with Crippen molar-refractivity contribution in [3.63, 3.8) is 0 Å². The summed E-state index contributed by atoms with van der Waals surface area (Å²) >= 11 is 0. The number of rotatable bonds is 4. The summed E-state index contributed by atoms with van der Waals surface area (Å²) in [7, 11) is 1.38. The predicted molar refractivity (Wildman–Crippen MR) is 105 cm³/mol. The first kappa shape index (κ1) is 21.2. The first-order valence-electron chi connectivity index (χ1n) is 8.89. The zero-order valence-electron chi connectivity index (χ0n) is 16.4. The number of aromatic nitrogens is 2. The van der Waals surface area contributed by atoms with Crippen LogP contribution in [-0.2, 0) is 11.2 Å². The minimum Gasteiger partial charge on any atom is -0.399 e. The average molecular weight is 418 g/mol. The largest absolute Gasteiger partial charge is 0.399 e. The topological polar surface area (TPSA) is 72.1 Å². The number of nitrogens with two attached hydrogens (primary N) is 1. The number of halogens is 4. The van der Waals surface area contributed by atoms with Crippen molar-refractivity contribution in [2.75, 3.05) is 17.7 Å². The van der Waals surface area contributed by atoms with E-state index in [1.807, 2.05) is 0 Å². The van der Waals surface area contributed by atoms with E-state index in [1.165, 1.54) is 13.2 Å². The molecule has 0 spiro atoms. The first-order chi connectivity index (χ1) is 14.1. The molecule has 5 nitrogen and oxygen atoms in total. The number of hydrogen-bond acceptors (Lipinski definition) is 4. The smallest absolute Gasteiger partial charge is 0.232 e. The van der Waals surface area contributed by atoms with Crippen LogP contribution >= 0.6 is 0 Å². The summed E-state index contributed by atoms with van der Waals surface area (Å²) in [5.41, 5.74) is 7.00. The number of amides is 1. The molecule has 0 bridgehead atoms. The van der Waals surface area contributed by atoms with Gasteiger partial charge in [-0.1, -0.05) is 12.1 Å². The lowest BCUT2D eigenvalue weighted by Gasteiger charge is -2.19. The van der Waals surface area contributed by atoms with Gasteiger partial charge in [0.2, 0.25) is 5.91 Å². The van der Waals surface area contributed by atoms with Crippen LogP contribution in [0, 0.1) is 37.1 Å². The highest BCUT2D eigenvalue weighted by molar-refractivity contribution is 5.94. The lowest BCUT2D eigenvalue weighted by Crippen LogP contribution is -2.30. The van der Waals surface area contributed by atoms with Crippen LogP contribution in [-0.4, -0.2) is 22.9 Å². The Morgan fingerprint density at radius 1 is 1.00 bits per heavy atom. The Balaban J connectivity index is 1.88. The average Bonchev–Trinajstić information content (AvgIpc) is 2.73. The van der Waals surface area contributed by atoms with Crippen molar-refractivity contribution in [1.29, 1.82) is 0 Å². The van der Waals surface area contributed by atoms with Crippen molar-refractivity contribution in [2.45, 2.75) is 20.3 Å². The molecule has 0 saturated heterocycles. The van der Waals surface area contributed by atoms with E-state index in [0.717, 1.165) is 17.4 Å². The maximum absolute atomic E-state index is 14.1. The molecule has 0 saturated carbocycles. The van der Waals surface area contributed by atoms with Gasteiger partial charge >= 0.3 is 0 Å². The highest BCUT2D eigenvalue weighted by Crippen LogP contribution is 2.26. The van der Waals surface area contributed by atoms with Gasteiger partial charge in [-0.15, -0.1) is 0 Å². The summed E-state index contributed by atoms with van der Waals surface area (Å²) in [6.07, 6.45) is 0.782. The van der Waals surface area contributed by atoms with Crippen molar-refractivity contribution in [3.8, 4) is 11.3 Å². The van der Waals surface area contributed by atoms with Crippen LogP contribution in [0.4, 0.5) is 29.1 Å². The Bertz CT molecular complexity index is 1100. The van der Waals surface area contributed by atoms with Gasteiger partial charge in [0, 0.05) is 23.9 Å². The maximum Gasteiger partial charge on any atom is 0.232 e. The van der Waals surface area contributed by atoms with Crippen molar-refractivity contribution in [2.24, 2.45) is 0 Å². The fourth-order valence-corrected chi connectivity index (χ4v) is 2.98. The fourth-order valence-electron chi connectivity index (χ4n) is 2.98. The molecule has 3 aromatic rings. The molecule has 2 aromatic carbocycles. The Kier molecular flexibility index (Phi) is 5.73. The summed E-state index contributed by atoms with van der Waals surface area (Å²) in [5.74, 6) is -7.47. The van der Waals surface area contributed by atoms with Gasteiger partial charge in [-0.2, -0.15) is 0 Å². The van der Waals surface area contributed by atoms with Gasteiger partial charge in [0.15, 0.2) is 29.1 Å². The molecule has 156 valence electrons. The lowest BCUT2D eigenvalue weighted by molar-refractivity contribution is -0.117. The van der Waals surface area contributed by atoms with Crippen LogP contribution in [0.15, 0.2) is 30.5 Å². The normalized spacial score (nSPS) is 10.9. The van der Waals surface area contributed by atoms with E-state index in [1.54, 1.807) is 31.2 Å². The van der Waals surface area contributed by atoms with Crippen LogP contribution < -0.4 is 10.6 Å². The molecular weight excluding hydrogens is 400 g/mol. The number of hydrogen-bond donors (Lipinski definition) is 1. The predicted octanol–water partition coefficient (Wildman–Crippen LogP) is 4.10. The molecule has 1 aromatic heterocycles. The number of aryl methyl sites for hydroxylation is 1. The van der Waals surface area contributed by atoms with Crippen LogP contribution in [0.1, 0.15) is 16.8 Å². The van der Waals surface area contributed by atoms with Crippen molar-refractivity contribution < 1.29 is 22.4 Å². The summed E-state index contributed by atoms with van der Waals surface area (Å²) in [6, 6.07) is 6.98. The SMILES string of the molecule is Cc1nc(-c2ccc(N)cc2)cnc1N(C)C(=O)Cc1c(C)c(F)c(F)c(F)c1F. The van der Waals surface area contributed by atoms with Gasteiger partial charge in [-0.05, 0) is 31.5 Å². The highest BCUT2D eigenvalue weighted by atomic mass is 19.2. The Morgan fingerprint density at radius 2 is 1.60 bits per heavy atom. The molecule has 0 aliphatic carbocycles. The van der Waals surface area contributed by atoms with E-state index < -0.39 is 46.7 Å². The van der Waals surface area contributed by atoms with E-state index in [2.05, 4.69) is 9.97 Å². The first-order valence-corrected chi connectivity index (χ1v) is 8.89. The van der Waals surface area contributed by atoms with E-state index in [-0.39, 0.29) is 5.82 Å². The van der Waals surface area contributed by atoms with E-state index in [0.29, 0.717) is 17.1 Å². The standard InChI is InChI=1S/C21H18F4N4O/c1-10-14(18(23)20(25)19(24)17(10)22)8-16(30)29(3)21-11(2)28-15(9-27-21)12-4-6-13(26)7-5-12/h4-7,9H,8,26H2,1-3H3. The Morgan fingerprint density at radius 3 is 2.20 bits per heavy atom. The van der Waals surface area contributed by atoms with Gasteiger partial charge in [-0.25, -0.2) is 27.5 Å². The highest BCUT2D eigenvalue weighted by Gasteiger charge is 2.26. The molecule has 0 aliphatic heterocycles. The Hall–Kier alpha value is -3.49. The quantitative estimate of drug-likeness (QED) is 0.300. The van der Waals surface area contributed by atoms with Gasteiger partial charge in [-0.3, -0.25) is 9.69 Å². The summed E-state index contributed by atoms with van der Waals surface area (Å²) in [4.78, 5) is 22.4. The third-order valence-corrected chi connectivity index (χ3v) is 4.77. The van der Waals surface area contributed by atoms with Crippen molar-refractivity contribution in [3.05, 3.63) is 70.6 Å². The number of nitrogens with zero attached hydrogens (tertiary/aromatic N) is 3. The fraction of sp³-hybridized carbons (Fsp3) is 0.190. The van der Waals surface area contributed by atoms with Crippen molar-refractivity contribution in [1.82, 2.24) is 9.97 Å². The van der Waals surface area contributed by atoms with E-state index in [9.17, 15) is 22.4 Å². The summed E-state index contributed by atoms with van der Waals surface area (Å²) in [6.45, 7) is 2.71. The van der Waals surface area contributed by atoms with Gasteiger partial charge in [0.05, 0.1) is 24.0 Å². The molecular formula is C21H18F4N4O. The van der Waals surface area contributed by atoms with Gasteiger partial charge in [0.25, 0.3) is 0 Å². The van der Waals surface area contributed by atoms with Crippen LogP contribution in [0.25, 0.3) is 11.3 Å². The number of benzene rings is 2. The van der Waals surface area contributed by atoms with Gasteiger partial charge in [0.1, 0.15) is 0 Å². The number of nitrogen functional groups attached to an aromatic ring is 1. The maximum atomic E-state index is 14.1. The summed E-state index contributed by atoms with van der Waals surface area (Å²) < 4.78 is 54.7. The van der Waals surface area contributed by atoms with E-state index in [4.69, 9.17) is 5.73 Å². The minimum absolute atomic E-state index is 0.195. The molecule has 0 aliphatic rings. The molecule has 0 unspecified atom stereocenters.